The number of para-hydroxylation sites is 1. The van der Waals surface area contributed by atoms with Gasteiger partial charge in [0.2, 0.25) is 0 Å². The Morgan fingerprint density at radius 2 is 2.00 bits per heavy atom. The van der Waals surface area contributed by atoms with Crippen molar-refractivity contribution >= 4 is 34.3 Å². The highest BCUT2D eigenvalue weighted by atomic mass is 35.5. The van der Waals surface area contributed by atoms with Gasteiger partial charge in [0.15, 0.2) is 0 Å². The Hall–Kier alpha value is -0.670. The summed E-state index contributed by atoms with van der Waals surface area (Å²) in [5.74, 6) is 0.590. The lowest BCUT2D eigenvalue weighted by molar-refractivity contribution is 0.269. The molecule has 15 heavy (non-hydrogen) atoms. The maximum Gasteiger partial charge on any atom is 0.283 e. The molecule has 0 aliphatic rings. The summed E-state index contributed by atoms with van der Waals surface area (Å²) in [6, 6.07) is 9.37. The first kappa shape index (κ1) is 12.4. The molecule has 0 atom stereocenters. The Balaban J connectivity index is 2.38. The number of anilines is 1. The Bertz CT molecular complexity index is 321. The van der Waals surface area contributed by atoms with Crippen LogP contribution in [0.5, 0.6) is 0 Å². The van der Waals surface area contributed by atoms with Crippen molar-refractivity contribution in [2.24, 2.45) is 0 Å². The van der Waals surface area contributed by atoms with E-state index in [2.05, 4.69) is 5.32 Å². The topological polar surface area (TPSA) is 29.1 Å². The van der Waals surface area contributed by atoms with Gasteiger partial charge in [0.1, 0.15) is 0 Å². The zero-order valence-electron chi connectivity index (χ0n) is 8.79. The van der Waals surface area contributed by atoms with Gasteiger partial charge in [-0.3, -0.25) is 4.79 Å². The Labute approximate surface area is 99.4 Å². The van der Waals surface area contributed by atoms with Gasteiger partial charge in [-0.25, -0.2) is 0 Å². The molecule has 0 saturated heterocycles. The number of carbonyl (C=O) groups excluding carboxylic acids is 1. The van der Waals surface area contributed by atoms with E-state index in [-0.39, 0.29) is 10.1 Å². The van der Waals surface area contributed by atoms with Crippen molar-refractivity contribution in [3.05, 3.63) is 30.3 Å². The number of rotatable bonds is 3. The molecule has 1 aromatic rings. The molecule has 0 saturated carbocycles. The van der Waals surface area contributed by atoms with Crippen molar-refractivity contribution in [1.82, 2.24) is 0 Å². The summed E-state index contributed by atoms with van der Waals surface area (Å²) in [6.45, 7) is 3.77. The van der Waals surface area contributed by atoms with E-state index in [0.717, 1.165) is 5.69 Å². The van der Waals surface area contributed by atoms with Gasteiger partial charge in [0.05, 0.1) is 0 Å². The van der Waals surface area contributed by atoms with Gasteiger partial charge >= 0.3 is 0 Å². The van der Waals surface area contributed by atoms with Gasteiger partial charge in [-0.1, -0.05) is 30.0 Å². The van der Waals surface area contributed by atoms with Crippen LogP contribution in [0, 0.1) is 0 Å². The van der Waals surface area contributed by atoms with Crippen LogP contribution < -0.4 is 5.32 Å². The second kappa shape index (κ2) is 5.42. The smallest absolute Gasteiger partial charge is 0.283 e. The largest absolute Gasteiger partial charge is 0.317 e. The molecule has 4 heteroatoms. The predicted molar refractivity (Wildman–Crippen MR) is 67.9 cm³/mol. The molecule has 0 radical (unpaired) electrons. The molecule has 0 heterocycles. The molecule has 82 valence electrons. The third-order valence-electron chi connectivity index (χ3n) is 1.57. The highest BCUT2D eigenvalue weighted by molar-refractivity contribution is 8.14. The SMILES string of the molecule is CC(C)(Cl)CSC(=O)Nc1ccccc1. The average Bonchev–Trinajstić information content (AvgIpc) is 2.15. The summed E-state index contributed by atoms with van der Waals surface area (Å²) in [4.78, 5) is 11.1. The minimum atomic E-state index is -0.349. The molecule has 0 aliphatic carbocycles. The summed E-state index contributed by atoms with van der Waals surface area (Å²) in [6.07, 6.45) is 0. The van der Waals surface area contributed by atoms with E-state index in [4.69, 9.17) is 11.6 Å². The number of carbonyl (C=O) groups is 1. The first-order valence-corrected chi connectivity index (χ1v) is 6.01. The zero-order chi connectivity index (χ0) is 11.3. The number of benzene rings is 1. The van der Waals surface area contributed by atoms with Crippen molar-refractivity contribution in [1.29, 1.82) is 0 Å². The van der Waals surface area contributed by atoms with Crippen LogP contribution in [0.15, 0.2) is 30.3 Å². The third-order valence-corrected chi connectivity index (χ3v) is 3.09. The maximum atomic E-state index is 11.5. The lowest BCUT2D eigenvalue weighted by Gasteiger charge is -2.14. The Kier molecular flexibility index (Phi) is 4.48. The highest BCUT2D eigenvalue weighted by Gasteiger charge is 2.15. The van der Waals surface area contributed by atoms with Crippen LogP contribution in [-0.2, 0) is 0 Å². The lowest BCUT2D eigenvalue weighted by atomic mass is 10.3. The molecule has 0 spiro atoms. The molecule has 0 unspecified atom stereocenters. The van der Waals surface area contributed by atoms with Crippen molar-refractivity contribution in [2.45, 2.75) is 18.7 Å². The molecule has 1 rings (SSSR count). The van der Waals surface area contributed by atoms with Gasteiger partial charge in [-0.2, -0.15) is 0 Å². The molecule has 1 aromatic carbocycles. The van der Waals surface area contributed by atoms with Crippen LogP contribution in [-0.4, -0.2) is 15.9 Å². The van der Waals surface area contributed by atoms with Gasteiger partial charge in [0.25, 0.3) is 5.24 Å². The van der Waals surface area contributed by atoms with Crippen molar-refractivity contribution in [3.63, 3.8) is 0 Å². The average molecular weight is 244 g/mol. The zero-order valence-corrected chi connectivity index (χ0v) is 10.4. The minimum absolute atomic E-state index is 0.0741. The van der Waals surface area contributed by atoms with E-state index >= 15 is 0 Å². The van der Waals surface area contributed by atoms with E-state index in [1.54, 1.807) is 0 Å². The normalized spacial score (nSPS) is 11.1. The number of hydrogen-bond acceptors (Lipinski definition) is 2. The predicted octanol–water partition coefficient (Wildman–Crippen LogP) is 3.97. The second-order valence-electron chi connectivity index (χ2n) is 3.79. The molecule has 0 bridgehead atoms. The molecule has 0 aromatic heterocycles. The highest BCUT2D eigenvalue weighted by Crippen LogP contribution is 2.21. The fourth-order valence-corrected chi connectivity index (χ4v) is 1.74. The molecular formula is C11H14ClNOS. The number of hydrogen-bond donors (Lipinski definition) is 1. The standard InChI is InChI=1S/C11H14ClNOS/c1-11(2,12)8-15-10(14)13-9-6-4-3-5-7-9/h3-7H,8H2,1-2H3,(H,13,14). The Morgan fingerprint density at radius 1 is 1.40 bits per heavy atom. The van der Waals surface area contributed by atoms with Crippen molar-refractivity contribution in [2.75, 3.05) is 11.1 Å². The van der Waals surface area contributed by atoms with Crippen molar-refractivity contribution < 1.29 is 4.79 Å². The van der Waals surface area contributed by atoms with E-state index in [9.17, 15) is 4.79 Å². The van der Waals surface area contributed by atoms with Crippen LogP contribution in [0.2, 0.25) is 0 Å². The van der Waals surface area contributed by atoms with E-state index < -0.39 is 0 Å². The van der Waals surface area contributed by atoms with Gasteiger partial charge in [-0.05, 0) is 26.0 Å². The van der Waals surface area contributed by atoms with Crippen LogP contribution in [0.25, 0.3) is 0 Å². The van der Waals surface area contributed by atoms with Gasteiger partial charge in [-0.15, -0.1) is 11.6 Å². The van der Waals surface area contributed by atoms with Crippen molar-refractivity contribution in [3.8, 4) is 0 Å². The molecule has 0 fully saturated rings. The number of halogens is 1. The summed E-state index contributed by atoms with van der Waals surface area (Å²) >= 11 is 7.18. The first-order valence-electron chi connectivity index (χ1n) is 4.65. The molecular weight excluding hydrogens is 230 g/mol. The molecule has 1 N–H and O–H groups in total. The van der Waals surface area contributed by atoms with Crippen LogP contribution in [0.3, 0.4) is 0 Å². The molecule has 2 nitrogen and oxygen atoms in total. The number of amides is 1. The summed E-state index contributed by atoms with van der Waals surface area (Å²) in [5, 5.41) is 2.71. The van der Waals surface area contributed by atoms with E-state index in [1.165, 1.54) is 11.8 Å². The fourth-order valence-electron chi connectivity index (χ4n) is 0.913. The fraction of sp³-hybridized carbons (Fsp3) is 0.364. The lowest BCUT2D eigenvalue weighted by Crippen LogP contribution is -2.17. The van der Waals surface area contributed by atoms with Crippen LogP contribution >= 0.6 is 23.4 Å². The number of alkyl halides is 1. The van der Waals surface area contributed by atoms with Crippen LogP contribution in [0.1, 0.15) is 13.8 Å². The number of nitrogens with one attached hydrogen (secondary N) is 1. The van der Waals surface area contributed by atoms with Crippen LogP contribution in [0.4, 0.5) is 10.5 Å². The monoisotopic (exact) mass is 243 g/mol. The van der Waals surface area contributed by atoms with Gasteiger partial charge in [0, 0.05) is 16.3 Å². The molecule has 0 aliphatic heterocycles. The Morgan fingerprint density at radius 3 is 2.53 bits per heavy atom. The van der Waals surface area contributed by atoms with Gasteiger partial charge < -0.3 is 5.32 Å². The van der Waals surface area contributed by atoms with E-state index in [0.29, 0.717) is 5.75 Å². The first-order chi connectivity index (χ1) is 6.97. The maximum absolute atomic E-state index is 11.5. The number of thioether (sulfide) groups is 1. The summed E-state index contributed by atoms with van der Waals surface area (Å²) in [5.41, 5.74) is 0.808. The second-order valence-corrected chi connectivity index (χ2v) is 5.76. The summed E-state index contributed by atoms with van der Waals surface area (Å²) in [7, 11) is 0. The molecule has 1 amide bonds. The minimum Gasteiger partial charge on any atom is -0.317 e. The summed E-state index contributed by atoms with van der Waals surface area (Å²) < 4.78 is 0. The quantitative estimate of drug-likeness (QED) is 0.814. The van der Waals surface area contributed by atoms with E-state index in [1.807, 2.05) is 44.2 Å². The third kappa shape index (κ3) is 5.70.